The predicted octanol–water partition coefficient (Wildman–Crippen LogP) is 4.18. The number of unbranched alkanes of at least 4 members (excludes halogenated alkanes) is 1. The summed E-state index contributed by atoms with van der Waals surface area (Å²) in [5.41, 5.74) is 3.55. The van der Waals surface area contributed by atoms with Gasteiger partial charge in [-0.05, 0) is 36.0 Å². The first-order valence-corrected chi connectivity index (χ1v) is 13.3. The van der Waals surface area contributed by atoms with E-state index < -0.39 is 6.10 Å². The van der Waals surface area contributed by atoms with Crippen LogP contribution in [0.25, 0.3) is 11.1 Å². The fraction of sp³-hybridized carbons (Fsp3) is 0.500. The van der Waals surface area contributed by atoms with Crippen LogP contribution in [0.1, 0.15) is 37.7 Å². The van der Waals surface area contributed by atoms with Crippen molar-refractivity contribution >= 4 is 5.91 Å². The van der Waals surface area contributed by atoms with Crippen LogP contribution in [-0.4, -0.2) is 67.5 Å². The highest BCUT2D eigenvalue weighted by atomic mass is 16.5. The highest BCUT2D eigenvalue weighted by Crippen LogP contribution is 2.36. The molecule has 0 unspecified atom stereocenters. The molecule has 1 aliphatic carbocycles. The van der Waals surface area contributed by atoms with Crippen LogP contribution >= 0.6 is 0 Å². The topological polar surface area (TPSA) is 71.0 Å². The average molecular weight is 493 g/mol. The molecule has 4 rings (SSSR count). The number of carbonyl (C=O) groups excluding carboxylic acids is 1. The van der Waals surface area contributed by atoms with Crippen LogP contribution in [0.15, 0.2) is 66.7 Å². The zero-order chi connectivity index (χ0) is 25.2. The van der Waals surface area contributed by atoms with Gasteiger partial charge in [-0.1, -0.05) is 66.7 Å². The molecule has 2 aromatic carbocycles. The van der Waals surface area contributed by atoms with Crippen LogP contribution < -0.4 is 5.32 Å². The highest BCUT2D eigenvalue weighted by molar-refractivity contribution is 5.75. The molecule has 0 bridgehead atoms. The van der Waals surface area contributed by atoms with Crippen molar-refractivity contribution in [2.24, 2.45) is 5.92 Å². The molecule has 1 saturated carbocycles. The van der Waals surface area contributed by atoms with Crippen molar-refractivity contribution in [3.8, 4) is 11.1 Å². The van der Waals surface area contributed by atoms with Gasteiger partial charge < -0.3 is 19.9 Å². The molecule has 1 amide bonds. The van der Waals surface area contributed by atoms with Crippen molar-refractivity contribution < 1.29 is 19.4 Å². The number of aliphatic hydroxyl groups is 1. The lowest BCUT2D eigenvalue weighted by Crippen LogP contribution is -2.50. The maximum Gasteiger partial charge on any atom is 0.219 e. The number of carbonyl (C=O) groups is 1. The number of morpholine rings is 1. The van der Waals surface area contributed by atoms with Crippen molar-refractivity contribution in [3.05, 3.63) is 72.3 Å². The highest BCUT2D eigenvalue weighted by Gasteiger charge is 2.45. The number of nitrogens with one attached hydrogen (secondary N) is 1. The van der Waals surface area contributed by atoms with E-state index in [1.807, 2.05) is 6.07 Å². The maximum absolute atomic E-state index is 11.4. The van der Waals surface area contributed by atoms with Gasteiger partial charge in [0.25, 0.3) is 0 Å². The molecule has 1 aliphatic heterocycles. The Kier molecular flexibility index (Phi) is 10.1. The lowest BCUT2D eigenvalue weighted by Gasteiger charge is -2.37. The summed E-state index contributed by atoms with van der Waals surface area (Å²) in [6.45, 7) is 3.66. The van der Waals surface area contributed by atoms with Gasteiger partial charge in [0, 0.05) is 44.9 Å². The van der Waals surface area contributed by atoms with Gasteiger partial charge in [-0.2, -0.15) is 0 Å². The van der Waals surface area contributed by atoms with Gasteiger partial charge in [0.05, 0.1) is 32.0 Å². The average Bonchev–Trinajstić information content (AvgIpc) is 3.25. The van der Waals surface area contributed by atoms with E-state index in [1.165, 1.54) is 11.1 Å². The maximum atomic E-state index is 11.4. The Morgan fingerprint density at radius 1 is 1.08 bits per heavy atom. The minimum atomic E-state index is -0.403. The third-order valence-electron chi connectivity index (χ3n) is 7.41. The number of hydrogen-bond donors (Lipinski definition) is 2. The molecule has 6 nitrogen and oxygen atoms in total. The van der Waals surface area contributed by atoms with Gasteiger partial charge >= 0.3 is 0 Å². The summed E-state index contributed by atoms with van der Waals surface area (Å²) in [6.07, 6.45) is 7.76. The van der Waals surface area contributed by atoms with Crippen LogP contribution in [0, 0.1) is 5.92 Å². The summed E-state index contributed by atoms with van der Waals surface area (Å²) >= 11 is 0. The molecular formula is C30H40N2O4. The van der Waals surface area contributed by atoms with E-state index in [-0.39, 0.29) is 24.0 Å². The second-order valence-electron chi connectivity index (χ2n) is 9.79. The van der Waals surface area contributed by atoms with E-state index in [1.54, 1.807) is 7.05 Å². The number of allylic oxidation sites excluding steroid dienone is 2. The third kappa shape index (κ3) is 7.26. The van der Waals surface area contributed by atoms with Crippen LogP contribution in [-0.2, 0) is 20.9 Å². The number of rotatable bonds is 11. The van der Waals surface area contributed by atoms with Crippen molar-refractivity contribution in [1.29, 1.82) is 0 Å². The number of hydrogen-bond acceptors (Lipinski definition) is 5. The Morgan fingerprint density at radius 3 is 2.53 bits per heavy atom. The van der Waals surface area contributed by atoms with Crippen LogP contribution in [0.2, 0.25) is 0 Å². The SMILES string of the molecule is CNC(=O)CCC/C=C\C[C@@H]1[C@@H](N2CCOCC2)[C@H](O)C[C@@H]1OCc1ccc(-c2ccccc2)cc1. The quantitative estimate of drug-likeness (QED) is 0.364. The smallest absolute Gasteiger partial charge is 0.219 e. The van der Waals surface area contributed by atoms with E-state index >= 15 is 0 Å². The normalized spacial score (nSPS) is 24.8. The Bertz CT molecular complexity index is 957. The summed E-state index contributed by atoms with van der Waals surface area (Å²) in [4.78, 5) is 13.8. The molecule has 0 spiro atoms. The first-order valence-electron chi connectivity index (χ1n) is 13.3. The summed E-state index contributed by atoms with van der Waals surface area (Å²) in [7, 11) is 1.67. The number of nitrogens with zero attached hydrogens (tertiary/aromatic N) is 1. The molecule has 36 heavy (non-hydrogen) atoms. The molecule has 0 radical (unpaired) electrons. The second kappa shape index (κ2) is 13.7. The molecule has 2 aliphatic rings. The van der Waals surface area contributed by atoms with Crippen molar-refractivity contribution in [2.45, 2.75) is 57.0 Å². The number of benzene rings is 2. The van der Waals surface area contributed by atoms with Gasteiger partial charge in [-0.25, -0.2) is 0 Å². The van der Waals surface area contributed by atoms with Crippen molar-refractivity contribution in [3.63, 3.8) is 0 Å². The molecule has 194 valence electrons. The zero-order valence-corrected chi connectivity index (χ0v) is 21.4. The van der Waals surface area contributed by atoms with Gasteiger partial charge in [0.15, 0.2) is 0 Å². The minimum Gasteiger partial charge on any atom is -0.391 e. The minimum absolute atomic E-state index is 0.00263. The van der Waals surface area contributed by atoms with Gasteiger partial charge in [0.1, 0.15) is 0 Å². The summed E-state index contributed by atoms with van der Waals surface area (Å²) in [6, 6.07) is 19.0. The molecule has 2 fully saturated rings. The summed E-state index contributed by atoms with van der Waals surface area (Å²) in [5.74, 6) is 0.303. The molecule has 4 atom stereocenters. The molecule has 6 heteroatoms. The first-order chi connectivity index (χ1) is 17.7. The number of aliphatic hydroxyl groups excluding tert-OH is 1. The molecule has 1 heterocycles. The fourth-order valence-corrected chi connectivity index (χ4v) is 5.43. The fourth-order valence-electron chi connectivity index (χ4n) is 5.43. The lowest BCUT2D eigenvalue weighted by atomic mass is 9.94. The summed E-state index contributed by atoms with van der Waals surface area (Å²) < 4.78 is 12.0. The van der Waals surface area contributed by atoms with E-state index in [2.05, 4.69) is 70.9 Å². The Labute approximate surface area is 215 Å². The van der Waals surface area contributed by atoms with Crippen LogP contribution in [0.4, 0.5) is 0 Å². The standard InChI is InChI=1S/C30H40N2O4/c1-31-29(34)12-8-3-2-7-11-26-28(21-27(33)30(26)32-17-19-35-20-18-32)36-22-23-13-15-25(16-14-23)24-9-5-4-6-10-24/h2,4-7,9-10,13-16,26-28,30,33H,3,8,11-12,17-22H2,1H3,(H,31,34)/b7-2-/t26-,27+,28-,30+/m0/s1. The Balaban J connectivity index is 1.37. The third-order valence-corrected chi connectivity index (χ3v) is 7.41. The van der Waals surface area contributed by atoms with E-state index in [9.17, 15) is 9.90 Å². The van der Waals surface area contributed by atoms with Gasteiger partial charge in [-0.3, -0.25) is 9.69 Å². The molecule has 0 aromatic heterocycles. The Hall–Kier alpha value is -2.51. The van der Waals surface area contributed by atoms with E-state index in [0.717, 1.165) is 37.9 Å². The zero-order valence-electron chi connectivity index (χ0n) is 21.4. The Morgan fingerprint density at radius 2 is 1.81 bits per heavy atom. The van der Waals surface area contributed by atoms with Crippen LogP contribution in [0.3, 0.4) is 0 Å². The number of amides is 1. The van der Waals surface area contributed by atoms with Crippen molar-refractivity contribution in [1.82, 2.24) is 10.2 Å². The van der Waals surface area contributed by atoms with Gasteiger partial charge in [-0.15, -0.1) is 0 Å². The van der Waals surface area contributed by atoms with Crippen LogP contribution in [0.5, 0.6) is 0 Å². The van der Waals surface area contributed by atoms with Gasteiger partial charge in [0.2, 0.25) is 5.91 Å². The van der Waals surface area contributed by atoms with Crippen molar-refractivity contribution in [2.75, 3.05) is 33.4 Å². The van der Waals surface area contributed by atoms with E-state index in [0.29, 0.717) is 32.7 Å². The predicted molar refractivity (Wildman–Crippen MR) is 142 cm³/mol. The molecular weight excluding hydrogens is 452 g/mol. The monoisotopic (exact) mass is 492 g/mol. The summed E-state index contributed by atoms with van der Waals surface area (Å²) in [5, 5.41) is 13.7. The lowest BCUT2D eigenvalue weighted by molar-refractivity contribution is -0.120. The molecule has 2 aromatic rings. The molecule has 1 saturated heterocycles. The number of ether oxygens (including phenoxy) is 2. The second-order valence-corrected chi connectivity index (χ2v) is 9.79. The van der Waals surface area contributed by atoms with E-state index in [4.69, 9.17) is 9.47 Å². The molecule has 2 N–H and O–H groups in total. The largest absolute Gasteiger partial charge is 0.391 e. The first kappa shape index (κ1) is 26.6.